The summed E-state index contributed by atoms with van der Waals surface area (Å²) in [6.45, 7) is -0.0913. The lowest BCUT2D eigenvalue weighted by molar-refractivity contribution is -0.164. The molecule has 0 bridgehead atoms. The molecule has 2 atom stereocenters. The number of benzene rings is 1. The Bertz CT molecular complexity index is 1650. The molecule has 1 N–H and O–H groups in total. The van der Waals surface area contributed by atoms with Gasteiger partial charge in [-0.25, -0.2) is 26.4 Å². The summed E-state index contributed by atoms with van der Waals surface area (Å²) in [5.74, 6) is -3.54. The first kappa shape index (κ1) is 27.0. The number of fused-ring (bicyclic) bond motifs is 2. The largest absolute Gasteiger partial charge is 0.479 e. The van der Waals surface area contributed by atoms with E-state index in [9.17, 15) is 30.4 Å². The smallest absolute Gasteiger partial charge is 0.410 e. The molecule has 3 aromatic heterocycles. The van der Waals surface area contributed by atoms with Crippen molar-refractivity contribution in [3.8, 4) is 17.0 Å². The summed E-state index contributed by atoms with van der Waals surface area (Å²) in [6.07, 6.45) is -2.30. The summed E-state index contributed by atoms with van der Waals surface area (Å²) >= 11 is 0. The number of ether oxygens (including phenoxy) is 1. The minimum absolute atomic E-state index is 0.0276. The molecule has 11 nitrogen and oxygen atoms in total. The number of alkyl halides is 5. The van der Waals surface area contributed by atoms with Gasteiger partial charge in [-0.05, 0) is 37.1 Å². The van der Waals surface area contributed by atoms with Gasteiger partial charge in [0.2, 0.25) is 21.9 Å². The molecule has 1 aliphatic heterocycles. The number of aromatic nitrogens is 6. The van der Waals surface area contributed by atoms with Gasteiger partial charge < -0.3 is 10.1 Å². The van der Waals surface area contributed by atoms with Crippen LogP contribution < -0.4 is 10.1 Å². The topological polar surface area (TPSA) is 120 Å². The lowest BCUT2D eigenvalue weighted by atomic mass is 10.0. The maximum absolute atomic E-state index is 14.8. The Labute approximate surface area is 218 Å². The molecule has 4 heterocycles. The van der Waals surface area contributed by atoms with Crippen molar-refractivity contribution in [2.24, 2.45) is 0 Å². The summed E-state index contributed by atoms with van der Waals surface area (Å²) in [5, 5.41) is 14.3. The third-order valence-corrected chi connectivity index (χ3v) is 7.88. The van der Waals surface area contributed by atoms with Gasteiger partial charge in [0.1, 0.15) is 17.1 Å². The molecule has 5 rings (SSSR count). The van der Waals surface area contributed by atoms with Crippen LogP contribution in [0.25, 0.3) is 27.7 Å². The summed E-state index contributed by atoms with van der Waals surface area (Å²) in [5.41, 5.74) is 1.81. The van der Waals surface area contributed by atoms with E-state index in [2.05, 4.69) is 25.7 Å². The van der Waals surface area contributed by atoms with Crippen LogP contribution in [0.5, 0.6) is 5.88 Å². The highest BCUT2D eigenvalue weighted by molar-refractivity contribution is 7.88. The van der Waals surface area contributed by atoms with Crippen LogP contribution in [0.2, 0.25) is 0 Å². The second kappa shape index (κ2) is 9.25. The lowest BCUT2D eigenvalue weighted by Gasteiger charge is -2.37. The van der Waals surface area contributed by atoms with Crippen molar-refractivity contribution >= 4 is 32.5 Å². The van der Waals surface area contributed by atoms with Gasteiger partial charge in [0.05, 0.1) is 31.5 Å². The number of nitrogens with zero attached hydrogens (tertiary/aromatic N) is 7. The summed E-state index contributed by atoms with van der Waals surface area (Å²) in [6, 6.07) is 2.99. The van der Waals surface area contributed by atoms with Gasteiger partial charge in [-0.15, -0.1) is 10.2 Å². The number of hydrogen-bond donors (Lipinski definition) is 1. The minimum Gasteiger partial charge on any atom is -0.479 e. The molecule has 1 saturated heterocycles. The molecule has 210 valence electrons. The molecule has 4 aromatic rings. The molecule has 1 aromatic carbocycles. The van der Waals surface area contributed by atoms with E-state index in [4.69, 9.17) is 4.74 Å². The minimum atomic E-state index is -4.53. The average molecular weight is 575 g/mol. The monoisotopic (exact) mass is 574 g/mol. The average Bonchev–Trinajstić information content (AvgIpc) is 3.46. The predicted molar refractivity (Wildman–Crippen MR) is 130 cm³/mol. The fourth-order valence-electron chi connectivity index (χ4n) is 4.48. The number of methoxy groups -OCH3 is 1. The maximum Gasteiger partial charge on any atom is 0.410 e. The Morgan fingerprint density at radius 2 is 1.97 bits per heavy atom. The van der Waals surface area contributed by atoms with Crippen LogP contribution in [0.3, 0.4) is 0 Å². The van der Waals surface area contributed by atoms with Crippen LogP contribution in [-0.2, 0) is 10.0 Å². The number of halogens is 5. The highest BCUT2D eigenvalue weighted by Gasteiger charge is 2.47. The molecular weight excluding hydrogens is 551 g/mol. The maximum atomic E-state index is 14.8. The van der Waals surface area contributed by atoms with E-state index in [0.29, 0.717) is 16.6 Å². The number of nitrogens with one attached hydrogen (secondary N) is 1. The Morgan fingerprint density at radius 3 is 2.62 bits per heavy atom. The Balaban J connectivity index is 1.49. The zero-order valence-electron chi connectivity index (χ0n) is 20.8. The van der Waals surface area contributed by atoms with Crippen molar-refractivity contribution in [1.82, 2.24) is 33.9 Å². The highest BCUT2D eigenvalue weighted by Crippen LogP contribution is 2.36. The van der Waals surface area contributed by atoms with E-state index in [1.165, 1.54) is 30.0 Å². The molecular formula is C22H23F5N8O3S. The van der Waals surface area contributed by atoms with Gasteiger partial charge in [-0.2, -0.15) is 22.5 Å². The molecule has 17 heteroatoms. The van der Waals surface area contributed by atoms with Crippen molar-refractivity contribution in [3.05, 3.63) is 30.5 Å². The highest BCUT2D eigenvalue weighted by atomic mass is 32.2. The summed E-state index contributed by atoms with van der Waals surface area (Å²) < 4.78 is 101. The number of sulfonamides is 1. The second-order valence-electron chi connectivity index (χ2n) is 9.27. The number of hydrogen-bond acceptors (Lipinski definition) is 8. The van der Waals surface area contributed by atoms with Crippen molar-refractivity contribution in [1.29, 1.82) is 0 Å². The van der Waals surface area contributed by atoms with Gasteiger partial charge in [-0.1, -0.05) is 11.3 Å². The molecule has 0 aliphatic carbocycles. The third-order valence-electron chi connectivity index (χ3n) is 6.63. The van der Waals surface area contributed by atoms with Gasteiger partial charge in [-0.3, -0.25) is 0 Å². The lowest BCUT2D eigenvalue weighted by Crippen LogP contribution is -2.55. The zero-order valence-corrected chi connectivity index (χ0v) is 21.6. The van der Waals surface area contributed by atoms with E-state index in [1.807, 2.05) is 0 Å². The summed E-state index contributed by atoms with van der Waals surface area (Å²) in [7, 11) is -2.45. The third kappa shape index (κ3) is 4.95. The molecule has 39 heavy (non-hydrogen) atoms. The van der Waals surface area contributed by atoms with E-state index < -0.39 is 40.8 Å². The number of rotatable bonds is 6. The standard InChI is InChI=1S/C22H23F5N8O3S/c1-12(22(25,26)27)35-16-10-13(4-5-15(16)30-32-35)14-6-9-34-18(14)19(38-2)29-20(31-34)28-17-7-8-33(39(3,36)37)11-21(17,23)24/h4-6,9-10,12,17H,7-8,11H2,1-3H3,(H,28,31)/t12-,17+/m0/s1. The predicted octanol–water partition coefficient (Wildman–Crippen LogP) is 3.35. The van der Waals surface area contributed by atoms with Crippen LogP contribution in [0, 0.1) is 0 Å². The molecule has 0 spiro atoms. The van der Waals surface area contributed by atoms with Crippen LogP contribution in [0.1, 0.15) is 19.4 Å². The molecule has 0 amide bonds. The fourth-order valence-corrected chi connectivity index (χ4v) is 5.33. The van der Waals surface area contributed by atoms with Crippen LogP contribution in [0.15, 0.2) is 30.5 Å². The van der Waals surface area contributed by atoms with Crippen LogP contribution in [-0.4, -0.2) is 86.9 Å². The van der Waals surface area contributed by atoms with Gasteiger partial charge in [0, 0.05) is 18.3 Å². The van der Waals surface area contributed by atoms with Crippen LogP contribution >= 0.6 is 0 Å². The van der Waals surface area contributed by atoms with Crippen molar-refractivity contribution in [2.45, 2.75) is 37.5 Å². The van der Waals surface area contributed by atoms with Gasteiger partial charge in [0.25, 0.3) is 5.92 Å². The van der Waals surface area contributed by atoms with E-state index >= 15 is 0 Å². The molecule has 0 unspecified atom stereocenters. The number of anilines is 1. The molecule has 0 radical (unpaired) electrons. The summed E-state index contributed by atoms with van der Waals surface area (Å²) in [4.78, 5) is 4.23. The van der Waals surface area contributed by atoms with Crippen molar-refractivity contribution < 1.29 is 35.1 Å². The SMILES string of the molecule is COc1nc(N[C@@H]2CCN(S(C)(=O)=O)CC2(F)F)nn2ccc(-c3ccc4nnn([C@@H](C)C(F)(F)F)c4c3)c12. The quantitative estimate of drug-likeness (QED) is 0.349. The fraction of sp³-hybridized carbons (Fsp3) is 0.455. The Morgan fingerprint density at radius 1 is 1.23 bits per heavy atom. The van der Waals surface area contributed by atoms with Gasteiger partial charge in [0.15, 0.2) is 0 Å². The molecule has 0 saturated carbocycles. The normalized spacial score (nSPS) is 19.4. The molecule has 1 fully saturated rings. The van der Waals surface area contributed by atoms with E-state index in [1.54, 1.807) is 12.1 Å². The van der Waals surface area contributed by atoms with Crippen molar-refractivity contribution in [2.75, 3.05) is 31.8 Å². The van der Waals surface area contributed by atoms with E-state index in [-0.39, 0.29) is 35.8 Å². The molecule has 1 aliphatic rings. The van der Waals surface area contributed by atoms with Crippen LogP contribution in [0.4, 0.5) is 27.9 Å². The van der Waals surface area contributed by atoms with Gasteiger partial charge >= 0.3 is 6.18 Å². The first-order valence-electron chi connectivity index (χ1n) is 11.6. The zero-order chi connectivity index (χ0) is 28.3. The first-order chi connectivity index (χ1) is 18.2. The second-order valence-corrected chi connectivity index (χ2v) is 11.2. The van der Waals surface area contributed by atoms with Crippen molar-refractivity contribution in [3.63, 3.8) is 0 Å². The number of piperidine rings is 1. The Kier molecular flexibility index (Phi) is 6.40. The van der Waals surface area contributed by atoms with E-state index in [0.717, 1.165) is 22.2 Å². The first-order valence-corrected chi connectivity index (χ1v) is 13.5. The Hall–Kier alpha value is -3.60.